The Balaban J connectivity index is 2.02. The summed E-state index contributed by atoms with van der Waals surface area (Å²) in [5, 5.41) is 6.51. The third-order valence-electron chi connectivity index (χ3n) is 5.02. The van der Waals surface area contributed by atoms with Gasteiger partial charge < -0.3 is 15.4 Å². The molecule has 2 amide bonds. The van der Waals surface area contributed by atoms with E-state index in [1.807, 2.05) is 26.0 Å². The summed E-state index contributed by atoms with van der Waals surface area (Å²) in [5.74, 6) is -0.202. The second-order valence-electron chi connectivity index (χ2n) is 7.07. The molecule has 2 heterocycles. The third-order valence-corrected chi connectivity index (χ3v) is 6.00. The molecular formula is C21H26N4O4S. The number of urea groups is 1. The number of para-hydroxylation sites is 1. The van der Waals surface area contributed by atoms with E-state index in [9.17, 15) is 14.4 Å². The number of carbonyl (C=O) groups is 2. The van der Waals surface area contributed by atoms with Crippen molar-refractivity contribution in [1.82, 2.24) is 20.2 Å². The number of thioether (sulfide) groups is 1. The van der Waals surface area contributed by atoms with E-state index in [2.05, 4.69) is 10.6 Å². The standard InChI is InChI=1S/C21H26N4O4S/c1-5-12(3)25-18(26)14-9-7-8-10-15(14)24-21(25)30-11-16-17(19(27)29-6-2)13(4)22-20(28)23-16/h7-10,12-13H,5-6,11H2,1-4H3,(H2,22,23,28)/t12-,13+/m0/s1. The van der Waals surface area contributed by atoms with Crippen LogP contribution in [0.1, 0.15) is 40.2 Å². The van der Waals surface area contributed by atoms with E-state index in [0.717, 1.165) is 6.42 Å². The summed E-state index contributed by atoms with van der Waals surface area (Å²) in [7, 11) is 0. The average Bonchev–Trinajstić information content (AvgIpc) is 2.71. The number of ether oxygens (including phenoxy) is 1. The zero-order valence-corrected chi connectivity index (χ0v) is 18.3. The molecule has 30 heavy (non-hydrogen) atoms. The first-order valence-corrected chi connectivity index (χ1v) is 11.0. The Morgan fingerprint density at radius 2 is 2.03 bits per heavy atom. The molecule has 0 aliphatic carbocycles. The Kier molecular flexibility index (Phi) is 6.81. The number of nitrogens with zero attached hydrogens (tertiary/aromatic N) is 2. The number of benzene rings is 1. The molecule has 0 radical (unpaired) electrons. The van der Waals surface area contributed by atoms with E-state index in [-0.39, 0.29) is 30.0 Å². The van der Waals surface area contributed by atoms with E-state index in [1.54, 1.807) is 30.5 Å². The fraction of sp³-hybridized carbons (Fsp3) is 0.429. The molecule has 0 spiro atoms. The largest absolute Gasteiger partial charge is 0.463 e. The fourth-order valence-electron chi connectivity index (χ4n) is 3.33. The van der Waals surface area contributed by atoms with Crippen molar-refractivity contribution in [2.75, 3.05) is 12.4 Å². The second kappa shape index (κ2) is 9.34. The third kappa shape index (κ3) is 4.35. The van der Waals surface area contributed by atoms with Crippen LogP contribution in [0.4, 0.5) is 4.79 Å². The van der Waals surface area contributed by atoms with Gasteiger partial charge in [0, 0.05) is 17.5 Å². The summed E-state index contributed by atoms with van der Waals surface area (Å²) >= 11 is 1.31. The minimum atomic E-state index is -0.477. The maximum absolute atomic E-state index is 13.1. The second-order valence-corrected chi connectivity index (χ2v) is 8.01. The van der Waals surface area contributed by atoms with Crippen molar-refractivity contribution < 1.29 is 14.3 Å². The van der Waals surface area contributed by atoms with E-state index in [0.29, 0.717) is 27.3 Å². The molecule has 1 aliphatic heterocycles. The van der Waals surface area contributed by atoms with E-state index >= 15 is 0 Å². The zero-order valence-electron chi connectivity index (χ0n) is 17.5. The van der Waals surface area contributed by atoms with Crippen LogP contribution in [0.5, 0.6) is 0 Å². The Labute approximate surface area is 179 Å². The maximum atomic E-state index is 13.1. The van der Waals surface area contributed by atoms with Gasteiger partial charge in [0.25, 0.3) is 5.56 Å². The van der Waals surface area contributed by atoms with E-state index in [1.165, 1.54) is 11.8 Å². The van der Waals surface area contributed by atoms with Crippen LogP contribution in [0.2, 0.25) is 0 Å². The molecule has 2 atom stereocenters. The van der Waals surface area contributed by atoms with Crippen molar-refractivity contribution in [2.24, 2.45) is 0 Å². The lowest BCUT2D eigenvalue weighted by atomic mass is 10.1. The van der Waals surface area contributed by atoms with Gasteiger partial charge in [-0.1, -0.05) is 30.8 Å². The van der Waals surface area contributed by atoms with Crippen LogP contribution in [0.15, 0.2) is 45.5 Å². The molecule has 1 aromatic carbocycles. The summed E-state index contributed by atoms with van der Waals surface area (Å²) in [6.45, 7) is 7.69. The van der Waals surface area contributed by atoms with Gasteiger partial charge in [0.15, 0.2) is 5.16 Å². The Morgan fingerprint density at radius 1 is 1.30 bits per heavy atom. The Morgan fingerprint density at radius 3 is 2.73 bits per heavy atom. The van der Waals surface area contributed by atoms with Crippen molar-refractivity contribution in [3.05, 3.63) is 45.9 Å². The monoisotopic (exact) mass is 430 g/mol. The van der Waals surface area contributed by atoms with Crippen LogP contribution in [0.3, 0.4) is 0 Å². The smallest absolute Gasteiger partial charge is 0.337 e. The Bertz CT molecular complexity index is 1060. The number of nitrogens with one attached hydrogen (secondary N) is 2. The number of hydrogen-bond acceptors (Lipinski definition) is 6. The molecule has 9 heteroatoms. The quantitative estimate of drug-likeness (QED) is 0.398. The number of aromatic nitrogens is 2. The van der Waals surface area contributed by atoms with Gasteiger partial charge in [-0.3, -0.25) is 9.36 Å². The van der Waals surface area contributed by atoms with Crippen molar-refractivity contribution >= 4 is 34.7 Å². The van der Waals surface area contributed by atoms with Crippen molar-refractivity contribution in [2.45, 2.75) is 51.4 Å². The minimum Gasteiger partial charge on any atom is -0.463 e. The number of hydrogen-bond donors (Lipinski definition) is 2. The molecule has 3 rings (SSSR count). The first-order chi connectivity index (χ1) is 14.4. The van der Waals surface area contributed by atoms with Gasteiger partial charge in [0.05, 0.1) is 29.1 Å². The predicted molar refractivity (Wildman–Crippen MR) is 117 cm³/mol. The number of rotatable bonds is 7. The molecule has 160 valence electrons. The normalized spacial score (nSPS) is 17.5. The van der Waals surface area contributed by atoms with Crippen LogP contribution >= 0.6 is 11.8 Å². The van der Waals surface area contributed by atoms with Gasteiger partial charge >= 0.3 is 12.0 Å². The number of fused-ring (bicyclic) bond motifs is 1. The van der Waals surface area contributed by atoms with Crippen molar-refractivity contribution in [3.8, 4) is 0 Å². The lowest BCUT2D eigenvalue weighted by Gasteiger charge is -2.26. The molecule has 0 unspecified atom stereocenters. The van der Waals surface area contributed by atoms with Crippen LogP contribution in [-0.2, 0) is 9.53 Å². The number of esters is 1. The summed E-state index contributed by atoms with van der Waals surface area (Å²) < 4.78 is 6.84. The molecule has 0 bridgehead atoms. The molecule has 1 aromatic heterocycles. The van der Waals surface area contributed by atoms with Crippen molar-refractivity contribution in [1.29, 1.82) is 0 Å². The van der Waals surface area contributed by atoms with Gasteiger partial charge in [-0.25, -0.2) is 14.6 Å². The first-order valence-electron chi connectivity index (χ1n) is 9.99. The summed E-state index contributed by atoms with van der Waals surface area (Å²) in [4.78, 5) is 42.2. The maximum Gasteiger partial charge on any atom is 0.337 e. The lowest BCUT2D eigenvalue weighted by molar-refractivity contribution is -0.138. The molecule has 0 saturated heterocycles. The summed E-state index contributed by atoms with van der Waals surface area (Å²) in [6.07, 6.45) is 0.766. The van der Waals surface area contributed by atoms with Gasteiger partial charge in [-0.05, 0) is 39.3 Å². The van der Waals surface area contributed by atoms with E-state index < -0.39 is 12.0 Å². The molecular weight excluding hydrogens is 404 g/mol. The molecule has 0 fully saturated rings. The molecule has 2 aromatic rings. The summed E-state index contributed by atoms with van der Waals surface area (Å²) in [5.41, 5.74) is 1.36. The highest BCUT2D eigenvalue weighted by Gasteiger charge is 2.30. The van der Waals surface area contributed by atoms with Crippen LogP contribution in [-0.4, -0.2) is 40.0 Å². The van der Waals surface area contributed by atoms with Gasteiger partial charge in [0.1, 0.15) is 0 Å². The van der Waals surface area contributed by atoms with Crippen molar-refractivity contribution in [3.63, 3.8) is 0 Å². The number of carbonyl (C=O) groups excluding carboxylic acids is 2. The fourth-order valence-corrected chi connectivity index (χ4v) is 4.39. The van der Waals surface area contributed by atoms with E-state index in [4.69, 9.17) is 9.72 Å². The van der Waals surface area contributed by atoms with Crippen LogP contribution in [0, 0.1) is 0 Å². The lowest BCUT2D eigenvalue weighted by Crippen LogP contribution is -2.49. The Hall–Kier alpha value is -2.81. The van der Waals surface area contributed by atoms with Gasteiger partial charge in [0.2, 0.25) is 0 Å². The predicted octanol–water partition coefficient (Wildman–Crippen LogP) is 2.98. The highest BCUT2D eigenvalue weighted by molar-refractivity contribution is 7.99. The van der Waals surface area contributed by atoms with Gasteiger partial charge in [-0.2, -0.15) is 0 Å². The molecule has 2 N–H and O–H groups in total. The topological polar surface area (TPSA) is 102 Å². The highest BCUT2D eigenvalue weighted by Crippen LogP contribution is 2.26. The minimum absolute atomic E-state index is 0.0443. The first kappa shape index (κ1) is 21.9. The number of amides is 2. The molecule has 0 saturated carbocycles. The summed E-state index contributed by atoms with van der Waals surface area (Å²) in [6, 6.07) is 6.34. The molecule has 8 nitrogen and oxygen atoms in total. The average molecular weight is 431 g/mol. The molecule has 1 aliphatic rings. The van der Waals surface area contributed by atoms with Crippen LogP contribution < -0.4 is 16.2 Å². The highest BCUT2D eigenvalue weighted by atomic mass is 32.2. The SMILES string of the molecule is CCOC(=O)C1=C(CSc2nc3ccccc3c(=O)n2[C@@H](C)CC)NC(=O)N[C@@H]1C. The van der Waals surface area contributed by atoms with Gasteiger partial charge in [-0.15, -0.1) is 0 Å². The van der Waals surface area contributed by atoms with Crippen LogP contribution in [0.25, 0.3) is 10.9 Å². The zero-order chi connectivity index (χ0) is 21.8.